The molecule has 0 saturated heterocycles. The molecule has 3 nitrogen and oxygen atoms in total. The third-order valence-electron chi connectivity index (χ3n) is 4.76. The van der Waals surface area contributed by atoms with E-state index in [4.69, 9.17) is 4.74 Å². The number of aromatic nitrogens is 1. The van der Waals surface area contributed by atoms with Gasteiger partial charge in [-0.1, -0.05) is 30.4 Å². The van der Waals surface area contributed by atoms with E-state index in [0.717, 1.165) is 17.9 Å². The molecule has 23 heavy (non-hydrogen) atoms. The van der Waals surface area contributed by atoms with Crippen molar-refractivity contribution in [2.24, 2.45) is 5.92 Å². The molecule has 0 amide bonds. The van der Waals surface area contributed by atoms with Gasteiger partial charge in [0.15, 0.2) is 0 Å². The van der Waals surface area contributed by atoms with Gasteiger partial charge in [0.05, 0.1) is 17.8 Å². The Bertz CT molecular complexity index is 724. The maximum absolute atomic E-state index is 6.04. The van der Waals surface area contributed by atoms with Gasteiger partial charge in [-0.25, -0.2) is 0 Å². The number of hydrogen-bond acceptors (Lipinski definition) is 3. The molecule has 1 aromatic carbocycles. The van der Waals surface area contributed by atoms with Crippen molar-refractivity contribution >= 4 is 5.69 Å². The minimum atomic E-state index is 0.164. The number of hydrogen-bond donors (Lipinski definition) is 1. The van der Waals surface area contributed by atoms with Gasteiger partial charge in [0.25, 0.3) is 0 Å². The van der Waals surface area contributed by atoms with Gasteiger partial charge in [-0.15, -0.1) is 0 Å². The van der Waals surface area contributed by atoms with E-state index in [0.29, 0.717) is 11.8 Å². The molecule has 1 aliphatic heterocycles. The van der Waals surface area contributed by atoms with E-state index < -0.39 is 0 Å². The minimum absolute atomic E-state index is 0.164. The fourth-order valence-electron chi connectivity index (χ4n) is 3.83. The maximum Gasteiger partial charge on any atom is 0.143 e. The monoisotopic (exact) mass is 306 g/mol. The third kappa shape index (κ3) is 2.50. The summed E-state index contributed by atoms with van der Waals surface area (Å²) in [6.45, 7) is 4.14. The predicted molar refractivity (Wildman–Crippen MR) is 92.8 cm³/mol. The molecule has 1 aromatic heterocycles. The molecular weight excluding hydrogens is 284 g/mol. The van der Waals surface area contributed by atoms with Gasteiger partial charge in [0, 0.05) is 18.3 Å². The standard InChI is InChI=1S/C20H22N2O/c1-13(2)23-18-10-4-9-17-15-7-3-8-16(15)19(22-20(17)18)14-6-5-11-21-12-14/h3-7,9-13,15-16,19,22H,8H2,1-2H3. The highest BCUT2D eigenvalue weighted by Crippen LogP contribution is 2.52. The largest absolute Gasteiger partial charge is 0.489 e. The van der Waals surface area contributed by atoms with Gasteiger partial charge in [-0.05, 0) is 49.4 Å². The van der Waals surface area contributed by atoms with Gasteiger partial charge < -0.3 is 10.1 Å². The zero-order valence-corrected chi connectivity index (χ0v) is 13.6. The zero-order chi connectivity index (χ0) is 15.8. The van der Waals surface area contributed by atoms with Crippen LogP contribution in [-0.2, 0) is 0 Å². The molecule has 2 heterocycles. The summed E-state index contributed by atoms with van der Waals surface area (Å²) in [4.78, 5) is 4.31. The van der Waals surface area contributed by atoms with Crippen molar-refractivity contribution in [1.29, 1.82) is 0 Å². The Kier molecular flexibility index (Phi) is 3.56. The van der Waals surface area contributed by atoms with Gasteiger partial charge >= 0.3 is 0 Å². The van der Waals surface area contributed by atoms with Crippen molar-refractivity contribution < 1.29 is 4.74 Å². The van der Waals surface area contributed by atoms with Crippen LogP contribution in [0.2, 0.25) is 0 Å². The number of para-hydroxylation sites is 1. The van der Waals surface area contributed by atoms with E-state index in [-0.39, 0.29) is 12.1 Å². The van der Waals surface area contributed by atoms with Crippen LogP contribution in [0.4, 0.5) is 5.69 Å². The number of nitrogens with zero attached hydrogens (tertiary/aromatic N) is 1. The Morgan fingerprint density at radius 3 is 2.91 bits per heavy atom. The molecule has 1 aliphatic carbocycles. The highest BCUT2D eigenvalue weighted by atomic mass is 16.5. The molecule has 0 bridgehead atoms. The zero-order valence-electron chi connectivity index (χ0n) is 13.6. The molecule has 0 fully saturated rings. The Balaban J connectivity index is 1.79. The van der Waals surface area contributed by atoms with Crippen LogP contribution in [0.1, 0.15) is 43.4 Å². The molecular formula is C20H22N2O. The summed E-state index contributed by atoms with van der Waals surface area (Å²) in [6.07, 6.45) is 9.74. The van der Waals surface area contributed by atoms with Crippen LogP contribution in [-0.4, -0.2) is 11.1 Å². The lowest BCUT2D eigenvalue weighted by Gasteiger charge is -2.38. The van der Waals surface area contributed by atoms with E-state index >= 15 is 0 Å². The van der Waals surface area contributed by atoms with Crippen molar-refractivity contribution in [2.45, 2.75) is 38.3 Å². The Morgan fingerprint density at radius 1 is 1.22 bits per heavy atom. The fourth-order valence-corrected chi connectivity index (χ4v) is 3.83. The topological polar surface area (TPSA) is 34.1 Å². The molecule has 118 valence electrons. The van der Waals surface area contributed by atoms with Crippen LogP contribution in [0.25, 0.3) is 0 Å². The van der Waals surface area contributed by atoms with Crippen LogP contribution >= 0.6 is 0 Å². The molecule has 0 saturated carbocycles. The second kappa shape index (κ2) is 5.73. The number of pyridine rings is 1. The highest BCUT2D eigenvalue weighted by Gasteiger charge is 2.39. The van der Waals surface area contributed by atoms with E-state index in [1.165, 1.54) is 11.1 Å². The Hall–Kier alpha value is -2.29. The first-order valence-electron chi connectivity index (χ1n) is 8.36. The molecule has 1 N–H and O–H groups in total. The maximum atomic E-state index is 6.04. The normalized spacial score (nSPS) is 24.9. The van der Waals surface area contributed by atoms with Gasteiger partial charge in [0.2, 0.25) is 0 Å². The molecule has 2 aromatic rings. The summed E-state index contributed by atoms with van der Waals surface area (Å²) >= 11 is 0. The van der Waals surface area contributed by atoms with Crippen LogP contribution in [0.5, 0.6) is 5.75 Å². The first-order valence-corrected chi connectivity index (χ1v) is 8.36. The van der Waals surface area contributed by atoms with Crippen LogP contribution < -0.4 is 10.1 Å². The Labute approximate surface area is 137 Å². The average Bonchev–Trinajstić information content (AvgIpc) is 3.05. The van der Waals surface area contributed by atoms with E-state index in [9.17, 15) is 0 Å². The third-order valence-corrected chi connectivity index (χ3v) is 4.76. The summed E-state index contributed by atoms with van der Waals surface area (Å²) in [5.74, 6) is 1.94. The highest BCUT2D eigenvalue weighted by molar-refractivity contribution is 5.67. The summed E-state index contributed by atoms with van der Waals surface area (Å²) in [5.41, 5.74) is 3.74. The number of rotatable bonds is 3. The van der Waals surface area contributed by atoms with Crippen molar-refractivity contribution in [3.63, 3.8) is 0 Å². The second-order valence-electron chi connectivity index (χ2n) is 6.65. The van der Waals surface area contributed by atoms with Crippen LogP contribution in [0, 0.1) is 5.92 Å². The second-order valence-corrected chi connectivity index (χ2v) is 6.65. The van der Waals surface area contributed by atoms with Crippen molar-refractivity contribution in [1.82, 2.24) is 4.98 Å². The van der Waals surface area contributed by atoms with Crippen LogP contribution in [0.3, 0.4) is 0 Å². The lowest BCUT2D eigenvalue weighted by atomic mass is 9.77. The molecule has 2 aliphatic rings. The molecule has 3 heteroatoms. The predicted octanol–water partition coefficient (Wildman–Crippen LogP) is 4.70. The minimum Gasteiger partial charge on any atom is -0.489 e. The first-order chi connectivity index (χ1) is 11.2. The number of allylic oxidation sites excluding steroid dienone is 2. The summed E-state index contributed by atoms with van der Waals surface area (Å²) < 4.78 is 6.04. The Morgan fingerprint density at radius 2 is 2.13 bits per heavy atom. The molecule has 3 unspecified atom stereocenters. The van der Waals surface area contributed by atoms with Gasteiger partial charge in [-0.3, -0.25) is 4.98 Å². The molecule has 4 rings (SSSR count). The number of anilines is 1. The lowest BCUT2D eigenvalue weighted by Crippen LogP contribution is -2.29. The summed E-state index contributed by atoms with van der Waals surface area (Å²) in [7, 11) is 0. The van der Waals surface area contributed by atoms with Crippen molar-refractivity contribution in [3.05, 3.63) is 66.0 Å². The molecule has 3 atom stereocenters. The molecule has 0 radical (unpaired) electrons. The smallest absolute Gasteiger partial charge is 0.143 e. The van der Waals surface area contributed by atoms with Crippen molar-refractivity contribution in [2.75, 3.05) is 5.32 Å². The number of nitrogens with one attached hydrogen (secondary N) is 1. The van der Waals surface area contributed by atoms with Gasteiger partial charge in [0.1, 0.15) is 5.75 Å². The first kappa shape index (κ1) is 14.3. The lowest BCUT2D eigenvalue weighted by molar-refractivity contribution is 0.242. The van der Waals surface area contributed by atoms with Crippen molar-refractivity contribution in [3.8, 4) is 5.75 Å². The molecule has 0 spiro atoms. The number of benzene rings is 1. The SMILES string of the molecule is CC(C)Oc1cccc2c1NC(c1cccnc1)C1CC=CC21. The summed E-state index contributed by atoms with van der Waals surface area (Å²) in [6, 6.07) is 10.8. The van der Waals surface area contributed by atoms with E-state index in [2.05, 4.69) is 60.6 Å². The quantitative estimate of drug-likeness (QED) is 0.835. The average molecular weight is 306 g/mol. The number of ether oxygens (including phenoxy) is 1. The number of fused-ring (bicyclic) bond motifs is 3. The fraction of sp³-hybridized carbons (Fsp3) is 0.350. The van der Waals surface area contributed by atoms with E-state index in [1.807, 2.05) is 18.5 Å². The van der Waals surface area contributed by atoms with E-state index in [1.54, 1.807) is 0 Å². The van der Waals surface area contributed by atoms with Gasteiger partial charge in [-0.2, -0.15) is 0 Å². The summed E-state index contributed by atoms with van der Waals surface area (Å²) in [5, 5.41) is 3.75. The van der Waals surface area contributed by atoms with Crippen LogP contribution in [0.15, 0.2) is 54.9 Å².